The van der Waals surface area contributed by atoms with Crippen LogP contribution in [0, 0.1) is 5.92 Å². The minimum atomic E-state index is 0.114. The molecule has 0 aliphatic rings. The fourth-order valence-electron chi connectivity index (χ4n) is 2.57. The van der Waals surface area contributed by atoms with Crippen LogP contribution in [0.2, 0.25) is 5.02 Å². The van der Waals surface area contributed by atoms with Crippen molar-refractivity contribution in [2.45, 2.75) is 46.6 Å². The number of rotatable bonds is 8. The molecule has 3 heteroatoms. The second-order valence-corrected chi connectivity index (χ2v) is 6.10. The van der Waals surface area contributed by atoms with E-state index in [1.165, 1.54) is 0 Å². The summed E-state index contributed by atoms with van der Waals surface area (Å²) in [5.41, 5.74) is 0.633. The Morgan fingerprint density at radius 3 is 2.30 bits per heavy atom. The van der Waals surface area contributed by atoms with Crippen molar-refractivity contribution >= 4 is 17.4 Å². The topological polar surface area (TPSA) is 20.3 Å². The highest BCUT2D eigenvalue weighted by atomic mass is 35.5. The van der Waals surface area contributed by atoms with Gasteiger partial charge in [0.1, 0.15) is 0 Å². The van der Waals surface area contributed by atoms with Gasteiger partial charge < -0.3 is 0 Å². The number of carbonyl (C=O) groups is 1. The molecule has 0 fully saturated rings. The van der Waals surface area contributed by atoms with E-state index in [1.54, 1.807) is 6.07 Å². The van der Waals surface area contributed by atoms with E-state index in [0.717, 1.165) is 19.4 Å². The lowest BCUT2D eigenvalue weighted by Gasteiger charge is -2.31. The van der Waals surface area contributed by atoms with E-state index < -0.39 is 0 Å². The minimum absolute atomic E-state index is 0.114. The van der Waals surface area contributed by atoms with E-state index in [0.29, 0.717) is 29.1 Å². The van der Waals surface area contributed by atoms with Crippen LogP contribution in [0.15, 0.2) is 24.3 Å². The predicted molar refractivity (Wildman–Crippen MR) is 86.6 cm³/mol. The van der Waals surface area contributed by atoms with Crippen LogP contribution in [-0.2, 0) is 0 Å². The molecule has 0 radical (unpaired) electrons. The predicted octanol–water partition coefficient (Wildman–Crippen LogP) is 4.67. The maximum Gasteiger partial charge on any atom is 0.178 e. The summed E-state index contributed by atoms with van der Waals surface area (Å²) < 4.78 is 0. The van der Waals surface area contributed by atoms with Crippen molar-refractivity contribution in [1.82, 2.24) is 4.90 Å². The summed E-state index contributed by atoms with van der Waals surface area (Å²) in [6.45, 7) is 10.1. The maximum absolute atomic E-state index is 12.5. The third kappa shape index (κ3) is 4.92. The number of carbonyl (C=O) groups excluding carboxylic acids is 1. The van der Waals surface area contributed by atoms with Gasteiger partial charge in [-0.2, -0.15) is 0 Å². The zero-order valence-corrected chi connectivity index (χ0v) is 13.8. The molecule has 0 unspecified atom stereocenters. The summed E-state index contributed by atoms with van der Waals surface area (Å²) in [5.74, 6) is 0.665. The summed E-state index contributed by atoms with van der Waals surface area (Å²) >= 11 is 6.12. The summed E-state index contributed by atoms with van der Waals surface area (Å²) in [6.07, 6.45) is 2.14. The number of hydrogen-bond acceptors (Lipinski definition) is 2. The third-order valence-electron chi connectivity index (χ3n) is 3.58. The highest BCUT2D eigenvalue weighted by Crippen LogP contribution is 2.18. The van der Waals surface area contributed by atoms with E-state index in [9.17, 15) is 4.79 Å². The molecule has 20 heavy (non-hydrogen) atoms. The molecule has 0 spiro atoms. The quantitative estimate of drug-likeness (QED) is 0.650. The lowest BCUT2D eigenvalue weighted by molar-refractivity contribution is 0.0866. The van der Waals surface area contributed by atoms with Crippen molar-refractivity contribution in [3.8, 4) is 0 Å². The number of hydrogen-bond donors (Lipinski definition) is 0. The summed E-state index contributed by atoms with van der Waals surface area (Å²) in [6, 6.07) is 7.77. The summed E-state index contributed by atoms with van der Waals surface area (Å²) in [4.78, 5) is 14.8. The molecule has 0 aliphatic heterocycles. The van der Waals surface area contributed by atoms with Gasteiger partial charge in [-0.3, -0.25) is 9.69 Å². The van der Waals surface area contributed by atoms with Crippen LogP contribution in [-0.4, -0.2) is 29.8 Å². The molecule has 1 aromatic carbocycles. The first-order valence-electron chi connectivity index (χ1n) is 7.51. The Kier molecular flexibility index (Phi) is 7.25. The highest BCUT2D eigenvalue weighted by molar-refractivity contribution is 6.34. The molecule has 0 saturated carbocycles. The Bertz CT molecular complexity index is 427. The molecular formula is C17H26ClNO. The van der Waals surface area contributed by atoms with E-state index in [-0.39, 0.29) is 5.78 Å². The van der Waals surface area contributed by atoms with E-state index >= 15 is 0 Å². The van der Waals surface area contributed by atoms with E-state index in [4.69, 9.17) is 11.6 Å². The van der Waals surface area contributed by atoms with Crippen molar-refractivity contribution in [2.75, 3.05) is 13.1 Å². The van der Waals surface area contributed by atoms with Gasteiger partial charge in [0.25, 0.3) is 0 Å². The van der Waals surface area contributed by atoms with Gasteiger partial charge in [0.2, 0.25) is 0 Å². The zero-order valence-electron chi connectivity index (χ0n) is 13.0. The Labute approximate surface area is 128 Å². The molecule has 0 aliphatic carbocycles. The smallest absolute Gasteiger partial charge is 0.178 e. The van der Waals surface area contributed by atoms with Crippen LogP contribution in [0.4, 0.5) is 0 Å². The lowest BCUT2D eigenvalue weighted by Crippen LogP contribution is -2.40. The standard InChI is InChI=1S/C17H26ClNO/c1-5-14(6-2)19(11-13(3)4)12-17(20)15-9-7-8-10-16(15)18/h7-10,13-14H,5-6,11-12H2,1-4H3. The maximum atomic E-state index is 12.5. The van der Waals surface area contributed by atoms with Crippen LogP contribution in [0.3, 0.4) is 0 Å². The molecule has 112 valence electrons. The molecule has 0 heterocycles. The SMILES string of the molecule is CCC(CC)N(CC(=O)c1ccccc1Cl)CC(C)C. The average Bonchev–Trinajstić information content (AvgIpc) is 2.39. The lowest BCUT2D eigenvalue weighted by atomic mass is 10.0. The first kappa shape index (κ1) is 17.2. The Morgan fingerprint density at radius 1 is 1.20 bits per heavy atom. The van der Waals surface area contributed by atoms with E-state index in [2.05, 4.69) is 32.6 Å². The van der Waals surface area contributed by atoms with Crippen LogP contribution in [0.1, 0.15) is 50.9 Å². The normalized spacial score (nSPS) is 11.6. The van der Waals surface area contributed by atoms with Crippen LogP contribution in [0.25, 0.3) is 0 Å². The van der Waals surface area contributed by atoms with Gasteiger partial charge in [-0.1, -0.05) is 51.4 Å². The Morgan fingerprint density at radius 2 is 1.80 bits per heavy atom. The minimum Gasteiger partial charge on any atom is -0.293 e. The molecule has 0 N–H and O–H groups in total. The van der Waals surface area contributed by atoms with Gasteiger partial charge in [-0.05, 0) is 30.9 Å². The van der Waals surface area contributed by atoms with Crippen molar-refractivity contribution in [3.05, 3.63) is 34.9 Å². The van der Waals surface area contributed by atoms with Gasteiger partial charge in [0, 0.05) is 18.2 Å². The highest BCUT2D eigenvalue weighted by Gasteiger charge is 2.20. The van der Waals surface area contributed by atoms with Crippen LogP contribution in [0.5, 0.6) is 0 Å². The van der Waals surface area contributed by atoms with Gasteiger partial charge in [0.15, 0.2) is 5.78 Å². The van der Waals surface area contributed by atoms with Crippen molar-refractivity contribution < 1.29 is 4.79 Å². The monoisotopic (exact) mass is 295 g/mol. The molecule has 2 nitrogen and oxygen atoms in total. The van der Waals surface area contributed by atoms with Gasteiger partial charge in [-0.15, -0.1) is 0 Å². The van der Waals surface area contributed by atoms with Crippen LogP contribution < -0.4 is 0 Å². The molecule has 1 aromatic rings. The number of Topliss-reactive ketones (excluding diaryl/α,β-unsaturated/α-hetero) is 1. The number of nitrogens with zero attached hydrogens (tertiary/aromatic N) is 1. The van der Waals surface area contributed by atoms with Crippen molar-refractivity contribution in [2.24, 2.45) is 5.92 Å². The molecular weight excluding hydrogens is 270 g/mol. The summed E-state index contributed by atoms with van der Waals surface area (Å²) in [7, 11) is 0. The Hall–Kier alpha value is -0.860. The van der Waals surface area contributed by atoms with Crippen molar-refractivity contribution in [1.29, 1.82) is 0 Å². The number of ketones is 1. The fourth-order valence-corrected chi connectivity index (χ4v) is 2.81. The second-order valence-electron chi connectivity index (χ2n) is 5.70. The second kappa shape index (κ2) is 8.43. The molecule has 0 bridgehead atoms. The first-order chi connectivity index (χ1) is 9.49. The largest absolute Gasteiger partial charge is 0.293 e. The fraction of sp³-hybridized carbons (Fsp3) is 0.588. The zero-order chi connectivity index (χ0) is 15.1. The molecule has 0 atom stereocenters. The summed E-state index contributed by atoms with van der Waals surface area (Å²) in [5, 5.41) is 0.548. The van der Waals surface area contributed by atoms with Gasteiger partial charge >= 0.3 is 0 Å². The first-order valence-corrected chi connectivity index (χ1v) is 7.89. The molecule has 0 aromatic heterocycles. The number of benzene rings is 1. The molecule has 0 amide bonds. The van der Waals surface area contributed by atoms with Crippen molar-refractivity contribution in [3.63, 3.8) is 0 Å². The number of halogens is 1. The van der Waals surface area contributed by atoms with Gasteiger partial charge in [-0.25, -0.2) is 0 Å². The van der Waals surface area contributed by atoms with Gasteiger partial charge in [0.05, 0.1) is 11.6 Å². The molecule has 1 rings (SSSR count). The van der Waals surface area contributed by atoms with Crippen LogP contribution >= 0.6 is 11.6 Å². The third-order valence-corrected chi connectivity index (χ3v) is 3.91. The Balaban J connectivity index is 2.84. The molecule has 0 saturated heterocycles. The average molecular weight is 296 g/mol. The van der Waals surface area contributed by atoms with E-state index in [1.807, 2.05) is 18.2 Å².